The summed E-state index contributed by atoms with van der Waals surface area (Å²) in [6.45, 7) is 5.36. The summed E-state index contributed by atoms with van der Waals surface area (Å²) in [4.78, 5) is 7.69. The van der Waals surface area contributed by atoms with Gasteiger partial charge in [0.25, 0.3) is 0 Å². The van der Waals surface area contributed by atoms with E-state index < -0.39 is 5.60 Å². The SMILES string of the molecule is CCNC(=NCC(C)(O)c1ccco1)N(C)Cc1ccc(Cl)s1. The van der Waals surface area contributed by atoms with Crippen molar-refractivity contribution in [2.75, 3.05) is 20.1 Å². The molecule has 126 valence electrons. The second-order valence-corrected chi connectivity index (χ2v) is 7.28. The van der Waals surface area contributed by atoms with E-state index in [1.54, 1.807) is 36.7 Å². The van der Waals surface area contributed by atoms with Crippen molar-refractivity contribution >= 4 is 28.9 Å². The second-order valence-electron chi connectivity index (χ2n) is 5.48. The van der Waals surface area contributed by atoms with Crippen LogP contribution in [0.1, 0.15) is 24.5 Å². The van der Waals surface area contributed by atoms with Crippen LogP contribution in [0.4, 0.5) is 0 Å². The number of hydrogen-bond acceptors (Lipinski definition) is 4. The van der Waals surface area contributed by atoms with Crippen LogP contribution in [0.2, 0.25) is 4.34 Å². The Bertz CT molecular complexity index is 638. The van der Waals surface area contributed by atoms with Crippen molar-refractivity contribution in [3.8, 4) is 0 Å². The zero-order chi connectivity index (χ0) is 16.9. The Balaban J connectivity index is 2.07. The highest BCUT2D eigenvalue weighted by atomic mass is 35.5. The number of halogens is 1. The lowest BCUT2D eigenvalue weighted by Crippen LogP contribution is -2.39. The number of aliphatic hydroxyl groups is 1. The third-order valence-corrected chi connectivity index (χ3v) is 4.52. The van der Waals surface area contributed by atoms with Gasteiger partial charge in [-0.05, 0) is 38.1 Å². The van der Waals surface area contributed by atoms with Gasteiger partial charge in [0.1, 0.15) is 11.4 Å². The molecule has 0 saturated heterocycles. The molecule has 0 fully saturated rings. The van der Waals surface area contributed by atoms with E-state index in [2.05, 4.69) is 10.3 Å². The molecular weight excluding hydrogens is 334 g/mol. The first-order valence-corrected chi connectivity index (χ1v) is 8.62. The molecule has 0 aliphatic carbocycles. The van der Waals surface area contributed by atoms with Gasteiger partial charge in [0.2, 0.25) is 0 Å². The fraction of sp³-hybridized carbons (Fsp3) is 0.438. The van der Waals surface area contributed by atoms with Crippen molar-refractivity contribution in [1.82, 2.24) is 10.2 Å². The molecule has 23 heavy (non-hydrogen) atoms. The fourth-order valence-corrected chi connectivity index (χ4v) is 3.25. The summed E-state index contributed by atoms with van der Waals surface area (Å²) in [6, 6.07) is 7.40. The summed E-state index contributed by atoms with van der Waals surface area (Å²) in [7, 11) is 1.96. The zero-order valence-corrected chi connectivity index (χ0v) is 15.1. The van der Waals surface area contributed by atoms with E-state index in [-0.39, 0.29) is 6.54 Å². The van der Waals surface area contributed by atoms with Crippen molar-refractivity contribution in [1.29, 1.82) is 0 Å². The molecule has 7 heteroatoms. The molecule has 0 amide bonds. The predicted molar refractivity (Wildman–Crippen MR) is 95.1 cm³/mol. The summed E-state index contributed by atoms with van der Waals surface area (Å²) in [5.74, 6) is 1.23. The van der Waals surface area contributed by atoms with E-state index in [4.69, 9.17) is 16.0 Å². The lowest BCUT2D eigenvalue weighted by atomic mass is 10.0. The number of aliphatic imine (C=N–C) groups is 1. The lowest BCUT2D eigenvalue weighted by Gasteiger charge is -2.24. The van der Waals surface area contributed by atoms with Crippen molar-refractivity contribution < 1.29 is 9.52 Å². The van der Waals surface area contributed by atoms with Crippen molar-refractivity contribution in [2.24, 2.45) is 4.99 Å². The van der Waals surface area contributed by atoms with Crippen molar-refractivity contribution in [2.45, 2.75) is 26.0 Å². The minimum absolute atomic E-state index is 0.207. The van der Waals surface area contributed by atoms with E-state index in [0.29, 0.717) is 12.3 Å². The zero-order valence-electron chi connectivity index (χ0n) is 13.5. The van der Waals surface area contributed by atoms with Gasteiger partial charge in [-0.1, -0.05) is 11.6 Å². The van der Waals surface area contributed by atoms with E-state index >= 15 is 0 Å². The Morgan fingerprint density at radius 3 is 2.83 bits per heavy atom. The maximum Gasteiger partial charge on any atom is 0.194 e. The minimum Gasteiger partial charge on any atom is -0.466 e. The number of guanidine groups is 1. The molecule has 0 radical (unpaired) electrons. The number of rotatable bonds is 6. The first-order chi connectivity index (χ1) is 10.9. The van der Waals surface area contributed by atoms with Gasteiger partial charge in [-0.15, -0.1) is 11.3 Å². The number of hydrogen-bond donors (Lipinski definition) is 2. The molecule has 2 N–H and O–H groups in total. The van der Waals surface area contributed by atoms with Gasteiger partial charge in [-0.3, -0.25) is 0 Å². The Kier molecular flexibility index (Phi) is 6.10. The highest BCUT2D eigenvalue weighted by Crippen LogP contribution is 2.23. The van der Waals surface area contributed by atoms with E-state index in [0.717, 1.165) is 21.7 Å². The first kappa shape index (κ1) is 17.8. The molecule has 0 aliphatic rings. The molecule has 2 aromatic heterocycles. The van der Waals surface area contributed by atoms with Crippen LogP contribution in [0.15, 0.2) is 39.9 Å². The third kappa shape index (κ3) is 4.99. The second kappa shape index (κ2) is 7.86. The smallest absolute Gasteiger partial charge is 0.194 e. The van der Waals surface area contributed by atoms with Gasteiger partial charge >= 0.3 is 0 Å². The minimum atomic E-state index is -1.14. The average molecular weight is 356 g/mol. The van der Waals surface area contributed by atoms with Crippen LogP contribution in [-0.4, -0.2) is 36.1 Å². The van der Waals surface area contributed by atoms with Gasteiger partial charge in [0.15, 0.2) is 5.96 Å². The molecular formula is C16H22ClN3O2S. The highest BCUT2D eigenvalue weighted by Gasteiger charge is 2.26. The summed E-state index contributed by atoms with van der Waals surface area (Å²) in [5.41, 5.74) is -1.14. The van der Waals surface area contributed by atoms with Gasteiger partial charge in [0, 0.05) is 18.5 Å². The van der Waals surface area contributed by atoms with Gasteiger partial charge < -0.3 is 19.7 Å². The summed E-state index contributed by atoms with van der Waals surface area (Å²) in [6.07, 6.45) is 1.55. The molecule has 1 atom stereocenters. The van der Waals surface area contributed by atoms with E-state index in [1.807, 2.05) is 31.0 Å². The molecule has 0 bridgehead atoms. The molecule has 2 rings (SSSR count). The van der Waals surface area contributed by atoms with Crippen molar-refractivity contribution in [3.05, 3.63) is 45.5 Å². The molecule has 5 nitrogen and oxygen atoms in total. The average Bonchev–Trinajstić information content (AvgIpc) is 3.15. The van der Waals surface area contributed by atoms with Crippen LogP contribution in [0.5, 0.6) is 0 Å². The quantitative estimate of drug-likeness (QED) is 0.616. The van der Waals surface area contributed by atoms with Gasteiger partial charge in [0.05, 0.1) is 23.7 Å². The molecule has 0 aromatic carbocycles. The van der Waals surface area contributed by atoms with Crippen LogP contribution < -0.4 is 5.32 Å². The van der Waals surface area contributed by atoms with Crippen LogP contribution >= 0.6 is 22.9 Å². The molecule has 0 saturated carbocycles. The highest BCUT2D eigenvalue weighted by molar-refractivity contribution is 7.16. The Labute approximate surface area is 145 Å². The van der Waals surface area contributed by atoms with E-state index in [9.17, 15) is 5.11 Å². The van der Waals surface area contributed by atoms with Crippen LogP contribution in [0.25, 0.3) is 0 Å². The van der Waals surface area contributed by atoms with Gasteiger partial charge in [-0.2, -0.15) is 0 Å². The summed E-state index contributed by atoms with van der Waals surface area (Å²) >= 11 is 7.52. The Morgan fingerprint density at radius 1 is 1.48 bits per heavy atom. The standard InChI is InChI=1S/C16H22ClN3O2S/c1-4-18-15(20(3)10-12-7-8-14(17)23-12)19-11-16(2,21)13-6-5-9-22-13/h5-9,21H,4,10-11H2,1-3H3,(H,18,19). The number of thiophene rings is 1. The topological polar surface area (TPSA) is 61.0 Å². The largest absolute Gasteiger partial charge is 0.466 e. The van der Waals surface area contributed by atoms with Gasteiger partial charge in [-0.25, -0.2) is 4.99 Å². The molecule has 2 aromatic rings. The first-order valence-electron chi connectivity index (χ1n) is 7.42. The maximum atomic E-state index is 10.5. The summed E-state index contributed by atoms with van der Waals surface area (Å²) < 4.78 is 6.06. The number of nitrogens with one attached hydrogen (secondary N) is 1. The predicted octanol–water partition coefficient (Wildman–Crippen LogP) is 3.30. The normalized spacial score (nSPS) is 14.6. The van der Waals surface area contributed by atoms with Crippen molar-refractivity contribution in [3.63, 3.8) is 0 Å². The monoisotopic (exact) mass is 355 g/mol. The number of nitrogens with zero attached hydrogens (tertiary/aromatic N) is 2. The number of furan rings is 1. The maximum absolute atomic E-state index is 10.5. The molecule has 0 spiro atoms. The van der Waals surface area contributed by atoms with E-state index in [1.165, 1.54) is 0 Å². The summed E-state index contributed by atoms with van der Waals surface area (Å²) in [5, 5.41) is 13.7. The lowest BCUT2D eigenvalue weighted by molar-refractivity contribution is 0.0435. The van der Waals surface area contributed by atoms with Crippen LogP contribution in [0.3, 0.4) is 0 Å². The Morgan fingerprint density at radius 2 is 2.26 bits per heavy atom. The van der Waals surface area contributed by atoms with Crippen LogP contribution in [-0.2, 0) is 12.1 Å². The molecule has 1 unspecified atom stereocenters. The molecule has 2 heterocycles. The Hall–Kier alpha value is -1.50. The molecule has 0 aliphatic heterocycles. The third-order valence-electron chi connectivity index (χ3n) is 3.31. The van der Waals surface area contributed by atoms with Crippen LogP contribution in [0, 0.1) is 0 Å². The fourth-order valence-electron chi connectivity index (χ4n) is 2.11.